The molecular formula is C6H3N6O2+. The zero-order valence-corrected chi connectivity index (χ0v) is 6.71. The van der Waals surface area contributed by atoms with Crippen LogP contribution in [-0.4, -0.2) is 0 Å². The number of nitrogens with one attached hydrogen (secondary N) is 1. The van der Waals surface area contributed by atoms with Crippen molar-refractivity contribution in [1.29, 1.82) is 10.9 Å². The van der Waals surface area contributed by atoms with Gasteiger partial charge in [0.15, 0.2) is 15.8 Å². The number of benzene rings is 1. The van der Waals surface area contributed by atoms with Crippen molar-refractivity contribution in [3.63, 3.8) is 0 Å². The van der Waals surface area contributed by atoms with Gasteiger partial charge in [-0.15, -0.1) is 5.10 Å². The van der Waals surface area contributed by atoms with E-state index < -0.39 is 16.2 Å². The number of hydrogen-bond acceptors (Lipinski definition) is 6. The van der Waals surface area contributed by atoms with E-state index in [4.69, 9.17) is 10.9 Å². The minimum Gasteiger partial charge on any atom is -0.285 e. The van der Waals surface area contributed by atoms with Gasteiger partial charge in [-0.05, 0) is 12.1 Å². The van der Waals surface area contributed by atoms with Crippen LogP contribution >= 0.6 is 0 Å². The maximum Gasteiger partial charge on any atom is 0.339 e. The number of rotatable bonds is 1. The van der Waals surface area contributed by atoms with Gasteiger partial charge in [0, 0.05) is 0 Å². The fraction of sp³-hybridized carbons (Fsp3) is 0. The molecule has 0 saturated carbocycles. The predicted molar refractivity (Wildman–Crippen MR) is 42.7 cm³/mol. The molecule has 0 heterocycles. The molecule has 1 aromatic carbocycles. The van der Waals surface area contributed by atoms with Gasteiger partial charge in [0.1, 0.15) is 0 Å². The van der Waals surface area contributed by atoms with E-state index in [2.05, 4.69) is 20.5 Å². The second kappa shape index (κ2) is 3.90. The van der Waals surface area contributed by atoms with Crippen molar-refractivity contribution in [2.75, 3.05) is 0 Å². The van der Waals surface area contributed by atoms with Gasteiger partial charge >= 0.3 is 5.08 Å². The summed E-state index contributed by atoms with van der Waals surface area (Å²) in [6.45, 7) is 0. The van der Waals surface area contributed by atoms with Gasteiger partial charge in [-0.1, -0.05) is 5.22 Å². The van der Waals surface area contributed by atoms with Crippen molar-refractivity contribution in [2.24, 2.45) is 15.4 Å². The highest BCUT2D eigenvalue weighted by Gasteiger charge is 2.02. The quantitative estimate of drug-likeness (QED) is 0.259. The van der Waals surface area contributed by atoms with E-state index >= 15 is 0 Å². The van der Waals surface area contributed by atoms with Crippen LogP contribution in [0.2, 0.25) is 0 Å². The SMILES string of the molecule is N#[N+]N=c1ccc(=O)c(=O)c1=NN=N. The molecule has 0 aliphatic heterocycles. The Hall–Kier alpha value is -2.56. The average molecular weight is 191 g/mol. The molecule has 1 aromatic rings. The third-order valence-corrected chi connectivity index (χ3v) is 1.38. The lowest BCUT2D eigenvalue weighted by Crippen LogP contribution is -2.46. The van der Waals surface area contributed by atoms with Crippen LogP contribution in [0.4, 0.5) is 0 Å². The molecule has 68 valence electrons. The molecule has 0 atom stereocenters. The lowest BCUT2D eigenvalue weighted by atomic mass is 10.3. The summed E-state index contributed by atoms with van der Waals surface area (Å²) in [5.74, 6) is 0. The van der Waals surface area contributed by atoms with Crippen LogP contribution < -0.4 is 21.6 Å². The fourth-order valence-corrected chi connectivity index (χ4v) is 0.818. The summed E-state index contributed by atoms with van der Waals surface area (Å²) >= 11 is 0. The van der Waals surface area contributed by atoms with E-state index in [0.29, 0.717) is 0 Å². The topological polar surface area (TPSA) is 123 Å². The lowest BCUT2D eigenvalue weighted by molar-refractivity contribution is 0.927. The first kappa shape index (κ1) is 9.53. The first-order chi connectivity index (χ1) is 6.70. The van der Waals surface area contributed by atoms with E-state index in [1.54, 1.807) is 0 Å². The maximum atomic E-state index is 11.1. The van der Waals surface area contributed by atoms with Gasteiger partial charge < -0.3 is 0 Å². The van der Waals surface area contributed by atoms with Gasteiger partial charge in [0.2, 0.25) is 5.43 Å². The molecule has 14 heavy (non-hydrogen) atoms. The van der Waals surface area contributed by atoms with E-state index in [-0.39, 0.29) is 5.36 Å². The Balaban J connectivity index is 3.94. The van der Waals surface area contributed by atoms with Crippen LogP contribution in [0.1, 0.15) is 0 Å². The Kier molecular flexibility index (Phi) is 2.66. The normalized spacial score (nSPS) is 12.5. The van der Waals surface area contributed by atoms with Gasteiger partial charge in [0.05, 0.1) is 0 Å². The summed E-state index contributed by atoms with van der Waals surface area (Å²) in [4.78, 5) is 22.0. The second-order valence-corrected chi connectivity index (χ2v) is 2.15. The first-order valence-electron chi connectivity index (χ1n) is 3.34. The van der Waals surface area contributed by atoms with E-state index in [9.17, 15) is 9.59 Å². The van der Waals surface area contributed by atoms with E-state index in [0.717, 1.165) is 12.1 Å². The van der Waals surface area contributed by atoms with Gasteiger partial charge in [-0.3, -0.25) is 9.59 Å². The Morgan fingerprint density at radius 3 is 2.64 bits per heavy atom. The third-order valence-electron chi connectivity index (χ3n) is 1.38. The molecule has 0 aliphatic carbocycles. The van der Waals surface area contributed by atoms with Crippen LogP contribution in [-0.2, 0) is 0 Å². The maximum absolute atomic E-state index is 11.1. The van der Waals surface area contributed by atoms with Gasteiger partial charge in [-0.2, -0.15) is 5.53 Å². The van der Waals surface area contributed by atoms with Crippen LogP contribution in [0, 0.1) is 10.9 Å². The standard InChI is InChI=1S/C6H3N6O2/c7-11-9-3-1-2-4(13)6(14)5(3)10-12-8/h1-2,8H/q+1. The highest BCUT2D eigenvalue weighted by molar-refractivity contribution is 5.02. The minimum atomic E-state index is -0.939. The molecule has 0 radical (unpaired) electrons. The summed E-state index contributed by atoms with van der Waals surface area (Å²) in [7, 11) is 0. The monoisotopic (exact) mass is 191 g/mol. The molecule has 8 heteroatoms. The fourth-order valence-electron chi connectivity index (χ4n) is 0.818. The highest BCUT2D eigenvalue weighted by atomic mass is 16.2. The number of hydrogen-bond donors (Lipinski definition) is 1. The molecule has 1 rings (SSSR count). The predicted octanol–water partition coefficient (Wildman–Crippen LogP) is -1.20. The summed E-state index contributed by atoms with van der Waals surface area (Å²) in [6.07, 6.45) is 0. The molecule has 0 unspecified atom stereocenters. The molecule has 0 amide bonds. The van der Waals surface area contributed by atoms with Gasteiger partial charge in [0.25, 0.3) is 10.8 Å². The van der Waals surface area contributed by atoms with E-state index in [1.165, 1.54) is 0 Å². The average Bonchev–Trinajstić information content (AvgIpc) is 2.18. The number of diazo groups is 1. The Labute approximate surface area is 75.7 Å². The Bertz CT molecular complexity index is 615. The van der Waals surface area contributed by atoms with Crippen molar-refractivity contribution in [1.82, 2.24) is 0 Å². The van der Waals surface area contributed by atoms with Crippen molar-refractivity contribution in [2.45, 2.75) is 0 Å². The van der Waals surface area contributed by atoms with Crippen LogP contribution in [0.3, 0.4) is 0 Å². The van der Waals surface area contributed by atoms with Crippen LogP contribution in [0.25, 0.3) is 5.08 Å². The van der Waals surface area contributed by atoms with Crippen molar-refractivity contribution < 1.29 is 0 Å². The molecule has 0 aliphatic rings. The van der Waals surface area contributed by atoms with Gasteiger partial charge in [-0.25, -0.2) is 0 Å². The van der Waals surface area contributed by atoms with Crippen molar-refractivity contribution in [3.05, 3.63) is 48.4 Å². The van der Waals surface area contributed by atoms with Crippen molar-refractivity contribution >= 4 is 0 Å². The second-order valence-electron chi connectivity index (χ2n) is 2.15. The number of nitrogens with zero attached hydrogens (tertiary/aromatic N) is 5. The molecular weight excluding hydrogens is 188 g/mol. The molecule has 0 saturated heterocycles. The molecule has 0 fully saturated rings. The summed E-state index contributed by atoms with van der Waals surface area (Å²) in [5.41, 5.74) is 4.69. The van der Waals surface area contributed by atoms with E-state index in [1.807, 2.05) is 0 Å². The van der Waals surface area contributed by atoms with Crippen LogP contribution in [0.15, 0.2) is 37.1 Å². The molecule has 0 aromatic heterocycles. The van der Waals surface area contributed by atoms with Crippen molar-refractivity contribution in [3.8, 4) is 0 Å². The zero-order valence-electron chi connectivity index (χ0n) is 6.71. The third kappa shape index (κ3) is 1.61. The largest absolute Gasteiger partial charge is 0.339 e. The summed E-state index contributed by atoms with van der Waals surface area (Å²) in [5, 5.41) is 18.9. The molecule has 8 nitrogen and oxygen atoms in total. The molecule has 0 spiro atoms. The van der Waals surface area contributed by atoms with Crippen LogP contribution in [0.5, 0.6) is 0 Å². The highest BCUT2D eigenvalue weighted by Crippen LogP contribution is 1.63. The summed E-state index contributed by atoms with van der Waals surface area (Å²) in [6, 6.07) is 2.11. The zero-order chi connectivity index (χ0) is 10.6. The Morgan fingerprint density at radius 1 is 1.36 bits per heavy atom. The summed E-state index contributed by atoms with van der Waals surface area (Å²) < 4.78 is 0. The lowest BCUT2D eigenvalue weighted by Gasteiger charge is -1.77. The molecule has 1 N–H and O–H groups in total. The smallest absolute Gasteiger partial charge is 0.285 e. The molecule has 0 bridgehead atoms. The minimum absolute atomic E-state index is 0.117. The first-order valence-corrected chi connectivity index (χ1v) is 3.34. The Morgan fingerprint density at radius 2 is 2.07 bits per heavy atom.